The lowest BCUT2D eigenvalue weighted by Gasteiger charge is -2.29. The summed E-state index contributed by atoms with van der Waals surface area (Å²) in [5.41, 5.74) is 2.45. The first-order chi connectivity index (χ1) is 9.20. The first kappa shape index (κ1) is 14.1. The smallest absolute Gasteiger partial charge is 0.310 e. The molecule has 1 fully saturated rings. The van der Waals surface area contributed by atoms with Crippen LogP contribution in [0, 0.1) is 12.8 Å². The predicted octanol–water partition coefficient (Wildman–Crippen LogP) is 2.47. The molecule has 0 saturated carbocycles. The molecule has 0 aliphatic carbocycles. The van der Waals surface area contributed by atoms with Crippen molar-refractivity contribution in [3.05, 3.63) is 35.4 Å². The topological polar surface area (TPSA) is 38.3 Å². The number of hydrogen-bond donors (Lipinski definition) is 1. The van der Waals surface area contributed by atoms with Crippen LogP contribution in [0.25, 0.3) is 0 Å². The van der Waals surface area contributed by atoms with Gasteiger partial charge in [-0.25, -0.2) is 0 Å². The van der Waals surface area contributed by atoms with E-state index in [0.29, 0.717) is 0 Å². The highest BCUT2D eigenvalue weighted by Crippen LogP contribution is 2.21. The summed E-state index contributed by atoms with van der Waals surface area (Å²) in [6.45, 7) is 3.08. The Hall–Kier alpha value is -1.35. The molecule has 1 N–H and O–H groups in total. The Kier molecular flexibility index (Phi) is 4.97. The van der Waals surface area contributed by atoms with Crippen LogP contribution >= 0.6 is 0 Å². The lowest BCUT2D eigenvalue weighted by atomic mass is 9.87. The van der Waals surface area contributed by atoms with Gasteiger partial charge in [-0.05, 0) is 38.3 Å². The molecule has 104 valence electrons. The van der Waals surface area contributed by atoms with Crippen molar-refractivity contribution in [1.82, 2.24) is 5.32 Å². The first-order valence-corrected chi connectivity index (χ1v) is 7.07. The number of hydrogen-bond acceptors (Lipinski definition) is 3. The molecular formula is C16H23NO2. The van der Waals surface area contributed by atoms with Gasteiger partial charge >= 0.3 is 5.97 Å². The van der Waals surface area contributed by atoms with Crippen LogP contribution in [0.2, 0.25) is 0 Å². The van der Waals surface area contributed by atoms with Gasteiger partial charge in [0, 0.05) is 6.04 Å². The zero-order valence-electron chi connectivity index (χ0n) is 11.8. The fraction of sp³-hybridized carbons (Fsp3) is 0.562. The van der Waals surface area contributed by atoms with Gasteiger partial charge in [-0.15, -0.1) is 0 Å². The molecular weight excluding hydrogens is 238 g/mol. The lowest BCUT2D eigenvalue weighted by Crippen LogP contribution is -2.44. The van der Waals surface area contributed by atoms with Crippen LogP contribution in [0.1, 0.15) is 30.4 Å². The van der Waals surface area contributed by atoms with E-state index in [9.17, 15) is 4.79 Å². The van der Waals surface area contributed by atoms with Crippen molar-refractivity contribution in [2.24, 2.45) is 5.92 Å². The van der Waals surface area contributed by atoms with Gasteiger partial charge in [-0.1, -0.05) is 36.2 Å². The number of esters is 1. The van der Waals surface area contributed by atoms with Crippen LogP contribution in [0.4, 0.5) is 0 Å². The number of aryl methyl sites for hydroxylation is 1. The number of ether oxygens (including phenoxy) is 1. The molecule has 0 amide bonds. The molecule has 1 aliphatic rings. The van der Waals surface area contributed by atoms with Gasteiger partial charge in [0.2, 0.25) is 0 Å². The summed E-state index contributed by atoms with van der Waals surface area (Å²) in [4.78, 5) is 12.0. The summed E-state index contributed by atoms with van der Waals surface area (Å²) in [5, 5.41) is 3.47. The van der Waals surface area contributed by atoms with E-state index in [2.05, 4.69) is 36.5 Å². The van der Waals surface area contributed by atoms with E-state index in [1.807, 2.05) is 0 Å². The molecule has 1 heterocycles. The lowest BCUT2D eigenvalue weighted by molar-refractivity contribution is -0.146. The second-order valence-corrected chi connectivity index (χ2v) is 5.38. The van der Waals surface area contributed by atoms with Crippen LogP contribution in [0.15, 0.2) is 24.3 Å². The second kappa shape index (κ2) is 6.71. The van der Waals surface area contributed by atoms with Gasteiger partial charge in [0.05, 0.1) is 13.0 Å². The third-order valence-electron chi connectivity index (χ3n) is 3.91. The van der Waals surface area contributed by atoms with Crippen molar-refractivity contribution < 1.29 is 9.53 Å². The molecule has 19 heavy (non-hydrogen) atoms. The Balaban J connectivity index is 2.08. The Morgan fingerprint density at radius 2 is 2.11 bits per heavy atom. The molecule has 2 atom stereocenters. The van der Waals surface area contributed by atoms with Crippen molar-refractivity contribution in [3.8, 4) is 0 Å². The van der Waals surface area contributed by atoms with Crippen LogP contribution < -0.4 is 5.32 Å². The summed E-state index contributed by atoms with van der Waals surface area (Å²) >= 11 is 0. The van der Waals surface area contributed by atoms with Gasteiger partial charge in [0.15, 0.2) is 0 Å². The van der Waals surface area contributed by atoms with Gasteiger partial charge in [-0.2, -0.15) is 0 Å². The maximum absolute atomic E-state index is 12.0. The SMILES string of the molecule is COC(=O)C(Cc1ccc(C)cc1)[C@@H]1CCCCN1. The van der Waals surface area contributed by atoms with Crippen molar-refractivity contribution in [3.63, 3.8) is 0 Å². The van der Waals surface area contributed by atoms with E-state index >= 15 is 0 Å². The molecule has 0 radical (unpaired) electrons. The van der Waals surface area contributed by atoms with Crippen LogP contribution in [0.5, 0.6) is 0 Å². The maximum atomic E-state index is 12.0. The zero-order valence-corrected chi connectivity index (χ0v) is 11.8. The zero-order chi connectivity index (χ0) is 13.7. The van der Waals surface area contributed by atoms with Crippen LogP contribution in [-0.2, 0) is 16.0 Å². The number of piperidine rings is 1. The highest BCUT2D eigenvalue weighted by molar-refractivity contribution is 5.73. The molecule has 3 nitrogen and oxygen atoms in total. The van der Waals surface area contributed by atoms with Gasteiger partial charge < -0.3 is 10.1 Å². The number of rotatable bonds is 4. The molecule has 0 spiro atoms. The van der Waals surface area contributed by atoms with E-state index in [1.54, 1.807) is 0 Å². The largest absolute Gasteiger partial charge is 0.469 e. The number of carbonyl (C=O) groups excluding carboxylic acids is 1. The standard InChI is InChI=1S/C16H23NO2/c1-12-6-8-13(9-7-12)11-14(16(18)19-2)15-5-3-4-10-17-15/h6-9,14-15,17H,3-5,10-11H2,1-2H3/t14?,15-/m0/s1. The highest BCUT2D eigenvalue weighted by atomic mass is 16.5. The molecule has 1 aliphatic heterocycles. The Morgan fingerprint density at radius 3 is 2.68 bits per heavy atom. The minimum atomic E-state index is -0.0972. The molecule has 1 unspecified atom stereocenters. The van der Waals surface area contributed by atoms with E-state index in [-0.39, 0.29) is 17.9 Å². The number of carbonyl (C=O) groups is 1. The third-order valence-corrected chi connectivity index (χ3v) is 3.91. The second-order valence-electron chi connectivity index (χ2n) is 5.38. The minimum Gasteiger partial charge on any atom is -0.469 e. The monoisotopic (exact) mass is 261 g/mol. The molecule has 1 saturated heterocycles. The van der Waals surface area contributed by atoms with Crippen molar-refractivity contribution >= 4 is 5.97 Å². The van der Waals surface area contributed by atoms with E-state index < -0.39 is 0 Å². The van der Waals surface area contributed by atoms with Crippen LogP contribution in [0.3, 0.4) is 0 Å². The van der Waals surface area contributed by atoms with Crippen molar-refractivity contribution in [1.29, 1.82) is 0 Å². The molecule has 2 rings (SSSR count). The van der Waals surface area contributed by atoms with Crippen molar-refractivity contribution in [2.75, 3.05) is 13.7 Å². The average molecular weight is 261 g/mol. The number of benzene rings is 1. The number of nitrogens with one attached hydrogen (secondary N) is 1. The summed E-state index contributed by atoms with van der Waals surface area (Å²) in [5.74, 6) is -0.173. The molecule has 0 aromatic heterocycles. The summed E-state index contributed by atoms with van der Waals surface area (Å²) < 4.78 is 4.98. The predicted molar refractivity (Wildman–Crippen MR) is 76.0 cm³/mol. The maximum Gasteiger partial charge on any atom is 0.310 e. The minimum absolute atomic E-state index is 0.0759. The fourth-order valence-corrected chi connectivity index (χ4v) is 2.74. The first-order valence-electron chi connectivity index (χ1n) is 7.07. The van der Waals surface area contributed by atoms with E-state index in [4.69, 9.17) is 4.74 Å². The third kappa shape index (κ3) is 3.80. The van der Waals surface area contributed by atoms with E-state index in [0.717, 1.165) is 19.4 Å². The van der Waals surface area contributed by atoms with Gasteiger partial charge in [0.1, 0.15) is 0 Å². The van der Waals surface area contributed by atoms with Crippen molar-refractivity contribution in [2.45, 2.75) is 38.6 Å². The van der Waals surface area contributed by atoms with Gasteiger partial charge in [-0.3, -0.25) is 4.79 Å². The Bertz CT molecular complexity index is 407. The summed E-state index contributed by atoms with van der Waals surface area (Å²) in [7, 11) is 1.48. The Morgan fingerprint density at radius 1 is 1.37 bits per heavy atom. The van der Waals surface area contributed by atoms with Gasteiger partial charge in [0.25, 0.3) is 0 Å². The Labute approximate surface area is 115 Å². The molecule has 1 aromatic carbocycles. The summed E-state index contributed by atoms with van der Waals surface area (Å²) in [6.07, 6.45) is 4.21. The number of methoxy groups -OCH3 is 1. The summed E-state index contributed by atoms with van der Waals surface area (Å²) in [6, 6.07) is 8.65. The van der Waals surface area contributed by atoms with Crippen LogP contribution in [-0.4, -0.2) is 25.7 Å². The highest BCUT2D eigenvalue weighted by Gasteiger charge is 2.30. The quantitative estimate of drug-likeness (QED) is 0.846. The molecule has 1 aromatic rings. The molecule has 0 bridgehead atoms. The average Bonchev–Trinajstić information content (AvgIpc) is 2.47. The van der Waals surface area contributed by atoms with E-state index in [1.165, 1.54) is 31.1 Å². The fourth-order valence-electron chi connectivity index (χ4n) is 2.74. The normalized spacial score (nSPS) is 20.8. The molecule has 3 heteroatoms.